The molecule has 1 aromatic carbocycles. The molecule has 2 nitrogen and oxygen atoms in total. The molecule has 0 amide bonds. The number of hydrogen-bond acceptors (Lipinski definition) is 1. The van der Waals surface area contributed by atoms with Crippen LogP contribution < -0.4 is 0 Å². The topological polar surface area (TPSA) is 37.3 Å². The summed E-state index contributed by atoms with van der Waals surface area (Å²) in [5, 5.41) is 8.64. The van der Waals surface area contributed by atoms with E-state index in [2.05, 4.69) is 0 Å². The van der Waals surface area contributed by atoms with Crippen molar-refractivity contribution in [1.82, 2.24) is 0 Å². The van der Waals surface area contributed by atoms with Crippen LogP contribution in [-0.4, -0.2) is 17.0 Å². The molecular formula is C10H3F7O2. The Hall–Kier alpha value is -1.80. The molecule has 0 radical (unpaired) electrons. The van der Waals surface area contributed by atoms with Crippen LogP contribution in [0.3, 0.4) is 0 Å². The maximum atomic E-state index is 13.3. The van der Waals surface area contributed by atoms with E-state index in [9.17, 15) is 35.5 Å². The first-order chi connectivity index (χ1) is 8.58. The van der Waals surface area contributed by atoms with E-state index in [0.717, 1.165) is 0 Å². The Morgan fingerprint density at radius 3 is 1.47 bits per heavy atom. The first-order valence-corrected chi connectivity index (χ1v) is 4.71. The van der Waals surface area contributed by atoms with Gasteiger partial charge in [0.1, 0.15) is 0 Å². The Balaban J connectivity index is 2.82. The normalized spacial score (nSPS) is 24.4. The summed E-state index contributed by atoms with van der Waals surface area (Å²) < 4.78 is 91.3. The Kier molecular flexibility index (Phi) is 2.59. The number of aliphatic carboxylic acids is 1. The number of carboxylic acids is 1. The number of rotatable bonds is 2. The van der Waals surface area contributed by atoms with Crippen LogP contribution >= 0.6 is 0 Å². The quantitative estimate of drug-likeness (QED) is 0.516. The van der Waals surface area contributed by atoms with Gasteiger partial charge in [0.25, 0.3) is 5.92 Å². The van der Waals surface area contributed by atoms with Gasteiger partial charge in [0.15, 0.2) is 28.7 Å². The molecule has 1 atom stereocenters. The summed E-state index contributed by atoms with van der Waals surface area (Å²) in [5.41, 5.74) is -5.43. The maximum Gasteiger partial charge on any atom is 0.320 e. The van der Waals surface area contributed by atoms with Gasteiger partial charge in [-0.3, -0.25) is 4.79 Å². The lowest BCUT2D eigenvalue weighted by molar-refractivity contribution is -0.143. The largest absolute Gasteiger partial charge is 0.480 e. The highest BCUT2D eigenvalue weighted by Gasteiger charge is 2.79. The van der Waals surface area contributed by atoms with Gasteiger partial charge in [-0.25, -0.2) is 30.7 Å². The highest BCUT2D eigenvalue weighted by atomic mass is 19.3. The van der Waals surface area contributed by atoms with E-state index in [-0.39, 0.29) is 0 Å². The van der Waals surface area contributed by atoms with E-state index in [1.807, 2.05) is 0 Å². The Bertz CT molecular complexity index is 569. The molecule has 0 spiro atoms. The van der Waals surface area contributed by atoms with Crippen molar-refractivity contribution >= 4 is 5.97 Å². The Morgan fingerprint density at radius 1 is 0.895 bits per heavy atom. The third-order valence-corrected chi connectivity index (χ3v) is 2.99. The monoisotopic (exact) mass is 288 g/mol. The van der Waals surface area contributed by atoms with Crippen LogP contribution in [-0.2, 0) is 10.2 Å². The standard InChI is InChI=1S/C10H3F7O2/c11-3-2(4(12)6(14)7(15)5(3)13)9(8(18)19)1-10(9,16)17/h1H2,(H,18,19). The van der Waals surface area contributed by atoms with Crippen LogP contribution in [0, 0.1) is 29.1 Å². The highest BCUT2D eigenvalue weighted by molar-refractivity contribution is 5.88. The van der Waals surface area contributed by atoms with Gasteiger partial charge in [-0.1, -0.05) is 0 Å². The second kappa shape index (κ2) is 3.61. The van der Waals surface area contributed by atoms with Crippen molar-refractivity contribution in [1.29, 1.82) is 0 Å². The number of hydrogen-bond donors (Lipinski definition) is 1. The zero-order chi connectivity index (χ0) is 14.7. The molecular weight excluding hydrogens is 285 g/mol. The van der Waals surface area contributed by atoms with E-state index in [0.29, 0.717) is 0 Å². The Morgan fingerprint density at radius 2 is 1.21 bits per heavy atom. The van der Waals surface area contributed by atoms with Gasteiger partial charge in [-0.2, -0.15) is 0 Å². The molecule has 0 heterocycles. The predicted octanol–water partition coefficient (Wildman–Crippen LogP) is 2.74. The summed E-state index contributed by atoms with van der Waals surface area (Å²) in [6.45, 7) is 0. The van der Waals surface area contributed by atoms with Crippen molar-refractivity contribution in [3.8, 4) is 0 Å². The van der Waals surface area contributed by atoms with Crippen molar-refractivity contribution in [3.05, 3.63) is 34.6 Å². The average molecular weight is 288 g/mol. The number of alkyl halides is 2. The molecule has 1 N–H and O–H groups in total. The molecule has 0 aliphatic heterocycles. The van der Waals surface area contributed by atoms with E-state index in [1.165, 1.54) is 0 Å². The molecule has 1 fully saturated rings. The van der Waals surface area contributed by atoms with Crippen LogP contribution in [0.1, 0.15) is 12.0 Å². The summed E-state index contributed by atoms with van der Waals surface area (Å²) >= 11 is 0. The van der Waals surface area contributed by atoms with Gasteiger partial charge in [0.2, 0.25) is 5.82 Å². The second-order valence-corrected chi connectivity index (χ2v) is 4.04. The van der Waals surface area contributed by atoms with E-state index >= 15 is 0 Å². The first-order valence-electron chi connectivity index (χ1n) is 4.71. The molecule has 0 aromatic heterocycles. The predicted molar refractivity (Wildman–Crippen MR) is 45.1 cm³/mol. The lowest BCUT2D eigenvalue weighted by Crippen LogP contribution is -2.31. The third-order valence-electron chi connectivity index (χ3n) is 2.99. The molecule has 0 bridgehead atoms. The molecule has 9 heteroatoms. The minimum Gasteiger partial charge on any atom is -0.480 e. The zero-order valence-electron chi connectivity index (χ0n) is 8.71. The van der Waals surface area contributed by atoms with Crippen LogP contribution in [0.25, 0.3) is 0 Å². The van der Waals surface area contributed by atoms with Gasteiger partial charge in [-0.05, 0) is 0 Å². The molecule has 1 aromatic rings. The number of carbonyl (C=O) groups is 1. The third kappa shape index (κ3) is 1.47. The van der Waals surface area contributed by atoms with Crippen molar-refractivity contribution in [2.24, 2.45) is 0 Å². The van der Waals surface area contributed by atoms with E-state index < -0.39 is 58.4 Å². The molecule has 19 heavy (non-hydrogen) atoms. The molecule has 0 saturated heterocycles. The van der Waals surface area contributed by atoms with E-state index in [4.69, 9.17) is 5.11 Å². The van der Waals surface area contributed by atoms with Gasteiger partial charge in [0, 0.05) is 6.42 Å². The summed E-state index contributed by atoms with van der Waals surface area (Å²) in [6.07, 6.45) is -1.53. The molecule has 1 unspecified atom stereocenters. The fourth-order valence-corrected chi connectivity index (χ4v) is 1.88. The highest BCUT2D eigenvalue weighted by Crippen LogP contribution is 2.63. The van der Waals surface area contributed by atoms with Gasteiger partial charge in [0.05, 0.1) is 5.56 Å². The zero-order valence-corrected chi connectivity index (χ0v) is 8.71. The molecule has 1 aliphatic rings. The molecule has 1 saturated carbocycles. The minimum atomic E-state index is -4.09. The minimum absolute atomic E-state index is 1.53. The summed E-state index contributed by atoms with van der Waals surface area (Å²) in [5.74, 6) is -19.0. The summed E-state index contributed by atoms with van der Waals surface area (Å²) in [6, 6.07) is 0. The lowest BCUT2D eigenvalue weighted by atomic mass is 9.93. The van der Waals surface area contributed by atoms with E-state index in [1.54, 1.807) is 0 Å². The van der Waals surface area contributed by atoms with Gasteiger partial charge < -0.3 is 5.11 Å². The fraction of sp³-hybridized carbons (Fsp3) is 0.300. The molecule has 1 aliphatic carbocycles. The van der Waals surface area contributed by atoms with Crippen molar-refractivity contribution in [3.63, 3.8) is 0 Å². The number of benzene rings is 1. The van der Waals surface area contributed by atoms with Crippen LogP contribution in [0.2, 0.25) is 0 Å². The van der Waals surface area contributed by atoms with Crippen molar-refractivity contribution in [2.75, 3.05) is 0 Å². The van der Waals surface area contributed by atoms with Crippen molar-refractivity contribution < 1.29 is 40.6 Å². The first kappa shape index (κ1) is 13.6. The number of halogens is 7. The van der Waals surface area contributed by atoms with Crippen molar-refractivity contribution in [2.45, 2.75) is 17.8 Å². The SMILES string of the molecule is O=C(O)C1(c2c(F)c(F)c(F)c(F)c2F)CC1(F)F. The van der Waals surface area contributed by atoms with Gasteiger partial charge in [-0.15, -0.1) is 0 Å². The van der Waals surface area contributed by atoms with Crippen LogP contribution in [0.15, 0.2) is 0 Å². The maximum absolute atomic E-state index is 13.3. The Labute approximate surface area is 100.0 Å². The summed E-state index contributed by atoms with van der Waals surface area (Å²) in [7, 11) is 0. The lowest BCUT2D eigenvalue weighted by Gasteiger charge is -2.15. The average Bonchev–Trinajstić information content (AvgIpc) is 2.89. The fourth-order valence-electron chi connectivity index (χ4n) is 1.88. The van der Waals surface area contributed by atoms with Crippen LogP contribution in [0.4, 0.5) is 30.7 Å². The number of carboxylic acid groups (broad SMARTS) is 1. The molecule has 2 rings (SSSR count). The summed E-state index contributed by atoms with van der Waals surface area (Å²) in [4.78, 5) is 10.8. The molecule has 104 valence electrons. The van der Waals surface area contributed by atoms with Gasteiger partial charge >= 0.3 is 5.97 Å². The smallest absolute Gasteiger partial charge is 0.320 e. The second-order valence-electron chi connectivity index (χ2n) is 4.04. The van der Waals surface area contributed by atoms with Crippen LogP contribution in [0.5, 0.6) is 0 Å².